The zero-order valence-electron chi connectivity index (χ0n) is 17.1. The van der Waals surface area contributed by atoms with Crippen LogP contribution in [0.15, 0.2) is 78.9 Å². The van der Waals surface area contributed by atoms with Gasteiger partial charge in [-0.05, 0) is 54.8 Å². The van der Waals surface area contributed by atoms with Gasteiger partial charge in [0.05, 0.1) is 5.56 Å². The zero-order valence-corrected chi connectivity index (χ0v) is 17.1. The molecule has 1 amide bonds. The zero-order chi connectivity index (χ0) is 21.5. The molecule has 3 aromatic rings. The van der Waals surface area contributed by atoms with Crippen molar-refractivity contribution in [2.24, 2.45) is 0 Å². The van der Waals surface area contributed by atoms with Gasteiger partial charge in [-0.1, -0.05) is 54.6 Å². The van der Waals surface area contributed by atoms with Crippen molar-refractivity contribution in [1.29, 1.82) is 0 Å². The highest BCUT2D eigenvalue weighted by molar-refractivity contribution is 5.92. The van der Waals surface area contributed by atoms with Crippen molar-refractivity contribution in [3.8, 4) is 16.9 Å². The van der Waals surface area contributed by atoms with Gasteiger partial charge in [0.1, 0.15) is 5.75 Å². The molecule has 3 rings (SSSR count). The monoisotopic (exact) mass is 403 g/mol. The lowest BCUT2D eigenvalue weighted by molar-refractivity contribution is -0.136. The molecule has 0 bridgehead atoms. The van der Waals surface area contributed by atoms with Crippen LogP contribution in [0.25, 0.3) is 11.1 Å². The Labute approximate surface area is 176 Å². The van der Waals surface area contributed by atoms with E-state index in [1.54, 1.807) is 53.4 Å². The number of carbonyl (C=O) groups is 2. The van der Waals surface area contributed by atoms with Crippen LogP contribution in [0.3, 0.4) is 0 Å². The van der Waals surface area contributed by atoms with E-state index in [4.69, 9.17) is 4.74 Å². The molecule has 0 spiro atoms. The summed E-state index contributed by atoms with van der Waals surface area (Å²) in [6, 6.07) is 23.5. The Hall–Kier alpha value is -3.60. The minimum atomic E-state index is -0.538. The summed E-state index contributed by atoms with van der Waals surface area (Å²) in [7, 11) is 0. The van der Waals surface area contributed by atoms with E-state index < -0.39 is 5.97 Å². The maximum Gasteiger partial charge on any atom is 0.338 e. The second-order valence-corrected chi connectivity index (χ2v) is 7.30. The number of nitrogens with zero attached hydrogens (tertiary/aromatic N) is 1. The number of phenols is 1. The van der Waals surface area contributed by atoms with Gasteiger partial charge in [0.2, 0.25) is 0 Å². The highest BCUT2D eigenvalue weighted by atomic mass is 16.5. The Morgan fingerprint density at radius 2 is 1.43 bits per heavy atom. The Balaban J connectivity index is 1.59. The average molecular weight is 403 g/mol. The Bertz CT molecular complexity index is 980. The topological polar surface area (TPSA) is 66.8 Å². The van der Waals surface area contributed by atoms with Crippen LogP contribution < -0.4 is 0 Å². The molecule has 1 N–H and O–H groups in total. The van der Waals surface area contributed by atoms with Crippen molar-refractivity contribution in [3.63, 3.8) is 0 Å². The number of carbonyl (C=O) groups excluding carboxylic acids is 2. The van der Waals surface area contributed by atoms with Crippen LogP contribution in [0.1, 0.15) is 29.8 Å². The van der Waals surface area contributed by atoms with Crippen molar-refractivity contribution in [1.82, 2.24) is 4.90 Å². The third-order valence-corrected chi connectivity index (χ3v) is 4.79. The number of amides is 1. The molecule has 0 aliphatic carbocycles. The van der Waals surface area contributed by atoms with Gasteiger partial charge in [-0.3, -0.25) is 4.79 Å². The SMILES string of the molecule is CC(C)N(Cc1ccccc1)C(=O)COC(=O)c1ccc(-c2ccc(O)cc2)cc1. The molecule has 0 unspecified atom stereocenters. The smallest absolute Gasteiger partial charge is 0.338 e. The second-order valence-electron chi connectivity index (χ2n) is 7.30. The third kappa shape index (κ3) is 5.47. The summed E-state index contributed by atoms with van der Waals surface area (Å²) < 4.78 is 5.26. The quantitative estimate of drug-likeness (QED) is 0.583. The van der Waals surface area contributed by atoms with Crippen LogP contribution in [-0.4, -0.2) is 34.5 Å². The summed E-state index contributed by atoms with van der Waals surface area (Å²) in [5, 5.41) is 9.39. The van der Waals surface area contributed by atoms with E-state index in [1.165, 1.54) is 0 Å². The van der Waals surface area contributed by atoms with Gasteiger partial charge in [-0.2, -0.15) is 0 Å². The molecule has 154 valence electrons. The molecule has 3 aromatic carbocycles. The van der Waals surface area contributed by atoms with Crippen LogP contribution in [0, 0.1) is 0 Å². The molecule has 0 aromatic heterocycles. The fraction of sp³-hybridized carbons (Fsp3) is 0.200. The first-order valence-corrected chi connectivity index (χ1v) is 9.84. The predicted octanol–water partition coefficient (Wildman–Crippen LogP) is 4.65. The van der Waals surface area contributed by atoms with Gasteiger partial charge in [-0.25, -0.2) is 4.79 Å². The Morgan fingerprint density at radius 1 is 0.867 bits per heavy atom. The third-order valence-electron chi connectivity index (χ3n) is 4.79. The number of aromatic hydroxyl groups is 1. The molecule has 5 nitrogen and oxygen atoms in total. The summed E-state index contributed by atoms with van der Waals surface area (Å²) in [6.07, 6.45) is 0. The van der Waals surface area contributed by atoms with Gasteiger partial charge in [0.25, 0.3) is 5.91 Å². The van der Waals surface area contributed by atoms with Crippen molar-refractivity contribution in [3.05, 3.63) is 90.0 Å². The predicted molar refractivity (Wildman–Crippen MR) is 116 cm³/mol. The number of hydrogen-bond donors (Lipinski definition) is 1. The second kappa shape index (κ2) is 9.74. The summed E-state index contributed by atoms with van der Waals surface area (Å²) >= 11 is 0. The van der Waals surface area contributed by atoms with Gasteiger partial charge in [-0.15, -0.1) is 0 Å². The normalized spacial score (nSPS) is 10.6. The first-order valence-electron chi connectivity index (χ1n) is 9.84. The van der Waals surface area contributed by atoms with Crippen molar-refractivity contribution in [2.45, 2.75) is 26.4 Å². The number of rotatable bonds is 7. The lowest BCUT2D eigenvalue weighted by atomic mass is 10.0. The highest BCUT2D eigenvalue weighted by Crippen LogP contribution is 2.22. The van der Waals surface area contributed by atoms with Crippen molar-refractivity contribution >= 4 is 11.9 Å². The fourth-order valence-electron chi connectivity index (χ4n) is 3.09. The summed E-state index contributed by atoms with van der Waals surface area (Å²) in [6.45, 7) is 4.04. The molecular weight excluding hydrogens is 378 g/mol. The van der Waals surface area contributed by atoms with E-state index in [0.29, 0.717) is 12.1 Å². The van der Waals surface area contributed by atoms with E-state index in [1.807, 2.05) is 44.2 Å². The van der Waals surface area contributed by atoms with Gasteiger partial charge >= 0.3 is 5.97 Å². The number of hydrogen-bond acceptors (Lipinski definition) is 4. The van der Waals surface area contributed by atoms with Crippen LogP contribution in [0.5, 0.6) is 5.75 Å². The lowest BCUT2D eigenvalue weighted by Crippen LogP contribution is -2.39. The standard InChI is InChI=1S/C25H25NO4/c1-18(2)26(16-19-6-4-3-5-7-19)24(28)17-30-25(29)22-10-8-20(9-11-22)21-12-14-23(27)15-13-21/h3-15,18,27H,16-17H2,1-2H3. The first-order chi connectivity index (χ1) is 14.4. The molecule has 0 aliphatic heterocycles. The van der Waals surface area contributed by atoms with E-state index in [2.05, 4.69) is 0 Å². The summed E-state index contributed by atoms with van der Waals surface area (Å²) in [5.41, 5.74) is 3.24. The highest BCUT2D eigenvalue weighted by Gasteiger charge is 2.19. The number of ether oxygens (including phenoxy) is 1. The Morgan fingerprint density at radius 3 is 2.00 bits per heavy atom. The van der Waals surface area contributed by atoms with E-state index in [-0.39, 0.29) is 24.3 Å². The van der Waals surface area contributed by atoms with Gasteiger partial charge in [0, 0.05) is 12.6 Å². The Kier molecular flexibility index (Phi) is 6.86. The minimum absolute atomic E-state index is 0.0130. The first kappa shape index (κ1) is 21.1. The molecule has 0 saturated carbocycles. The van der Waals surface area contributed by atoms with Crippen LogP contribution >= 0.6 is 0 Å². The fourth-order valence-corrected chi connectivity index (χ4v) is 3.09. The molecule has 30 heavy (non-hydrogen) atoms. The van der Waals surface area contributed by atoms with Crippen LogP contribution in [0.4, 0.5) is 0 Å². The van der Waals surface area contributed by atoms with Gasteiger partial charge in [0.15, 0.2) is 6.61 Å². The molecule has 5 heteroatoms. The number of benzene rings is 3. The summed E-state index contributed by atoms with van der Waals surface area (Å²) in [4.78, 5) is 26.7. The van der Waals surface area contributed by atoms with Gasteiger partial charge < -0.3 is 14.7 Å². The number of esters is 1. The number of phenolic OH excluding ortho intramolecular Hbond substituents is 1. The molecule has 0 fully saturated rings. The largest absolute Gasteiger partial charge is 0.508 e. The minimum Gasteiger partial charge on any atom is -0.508 e. The van der Waals surface area contributed by atoms with E-state index in [9.17, 15) is 14.7 Å². The molecule has 0 atom stereocenters. The van der Waals surface area contributed by atoms with Crippen LogP contribution in [-0.2, 0) is 16.1 Å². The average Bonchev–Trinajstić information content (AvgIpc) is 2.77. The van der Waals surface area contributed by atoms with E-state index >= 15 is 0 Å². The molecule has 0 aliphatic rings. The summed E-state index contributed by atoms with van der Waals surface area (Å²) in [5.74, 6) is -0.571. The van der Waals surface area contributed by atoms with Crippen molar-refractivity contribution in [2.75, 3.05) is 6.61 Å². The van der Waals surface area contributed by atoms with E-state index in [0.717, 1.165) is 16.7 Å². The maximum atomic E-state index is 12.6. The molecule has 0 radical (unpaired) electrons. The molecule has 0 saturated heterocycles. The van der Waals surface area contributed by atoms with Crippen LogP contribution in [0.2, 0.25) is 0 Å². The molecular formula is C25H25NO4. The molecule has 0 heterocycles. The lowest BCUT2D eigenvalue weighted by Gasteiger charge is -2.26. The van der Waals surface area contributed by atoms with Crippen molar-refractivity contribution < 1.29 is 19.4 Å². The maximum absolute atomic E-state index is 12.6.